The van der Waals surface area contributed by atoms with Crippen molar-refractivity contribution in [3.05, 3.63) is 53.6 Å². The van der Waals surface area contributed by atoms with Crippen molar-refractivity contribution in [3.63, 3.8) is 0 Å². The highest BCUT2D eigenvalue weighted by molar-refractivity contribution is 5.86. The van der Waals surface area contributed by atoms with E-state index in [4.69, 9.17) is 11.1 Å². The number of carbonyl (C=O) groups excluding carboxylic acids is 1. The predicted molar refractivity (Wildman–Crippen MR) is 121 cm³/mol. The first-order valence-corrected chi connectivity index (χ1v) is 11.0. The van der Waals surface area contributed by atoms with Crippen LogP contribution < -0.4 is 11.2 Å². The lowest BCUT2D eigenvalue weighted by Crippen LogP contribution is -2.66. The average Bonchev–Trinajstić information content (AvgIpc) is 3.24. The SMILES string of the molecule is CC(C)CC(Cc1cncn1Cc1ccc(C#N)cc1)(C(=O)N(N)CO)N1CCNCC1. The molecule has 3 rings (SSSR count). The number of hydrogen-bond donors (Lipinski definition) is 3. The van der Waals surface area contributed by atoms with Crippen molar-refractivity contribution >= 4 is 5.91 Å². The van der Waals surface area contributed by atoms with Crippen LogP contribution in [0.25, 0.3) is 0 Å². The number of benzene rings is 1. The summed E-state index contributed by atoms with van der Waals surface area (Å²) in [5.74, 6) is 5.92. The summed E-state index contributed by atoms with van der Waals surface area (Å²) in [6.45, 7) is 7.28. The third kappa shape index (κ3) is 5.34. The van der Waals surface area contributed by atoms with Gasteiger partial charge in [0, 0.05) is 51.0 Å². The van der Waals surface area contributed by atoms with Crippen molar-refractivity contribution in [3.8, 4) is 6.07 Å². The molecule has 1 fully saturated rings. The average molecular weight is 440 g/mol. The summed E-state index contributed by atoms with van der Waals surface area (Å²) in [6, 6.07) is 9.59. The van der Waals surface area contributed by atoms with Gasteiger partial charge < -0.3 is 15.0 Å². The lowest BCUT2D eigenvalue weighted by Gasteiger charge is -2.46. The molecule has 0 aliphatic carbocycles. The molecule has 32 heavy (non-hydrogen) atoms. The van der Waals surface area contributed by atoms with Crippen molar-refractivity contribution in [2.75, 3.05) is 32.9 Å². The minimum atomic E-state index is -0.879. The Kier molecular flexibility index (Phi) is 7.99. The van der Waals surface area contributed by atoms with Gasteiger partial charge in [-0.15, -0.1) is 0 Å². The maximum atomic E-state index is 13.6. The fourth-order valence-corrected chi connectivity index (χ4v) is 4.53. The van der Waals surface area contributed by atoms with Gasteiger partial charge in [0.05, 0.1) is 18.0 Å². The molecule has 0 bridgehead atoms. The number of piperazine rings is 1. The number of aliphatic hydroxyl groups is 1. The summed E-state index contributed by atoms with van der Waals surface area (Å²) in [5, 5.41) is 22.9. The molecule has 4 N–H and O–H groups in total. The number of hydrogen-bond acceptors (Lipinski definition) is 7. The standard InChI is InChI=1S/C23H33N7O2/c1-18(2)11-23(22(32)30(25)17-31,29-9-7-26-8-10-29)12-21-14-27-16-28(21)15-20-5-3-19(13-24)4-6-20/h3-6,14,16,18,26,31H,7-12,15,17,25H2,1-2H3. The van der Waals surface area contributed by atoms with E-state index in [-0.39, 0.29) is 11.8 Å². The first-order chi connectivity index (χ1) is 15.4. The zero-order valence-corrected chi connectivity index (χ0v) is 18.9. The predicted octanol–water partition coefficient (Wildman–Crippen LogP) is 0.688. The summed E-state index contributed by atoms with van der Waals surface area (Å²) in [6.07, 6.45) is 4.62. The fourth-order valence-electron chi connectivity index (χ4n) is 4.53. The molecule has 0 spiro atoms. The van der Waals surface area contributed by atoms with Gasteiger partial charge in [-0.1, -0.05) is 26.0 Å². The number of aromatic nitrogens is 2. The van der Waals surface area contributed by atoms with Gasteiger partial charge >= 0.3 is 0 Å². The van der Waals surface area contributed by atoms with E-state index < -0.39 is 12.3 Å². The molecule has 9 nitrogen and oxygen atoms in total. The molecular weight excluding hydrogens is 406 g/mol. The van der Waals surface area contributed by atoms with Gasteiger partial charge in [-0.25, -0.2) is 10.8 Å². The molecule has 1 atom stereocenters. The van der Waals surface area contributed by atoms with Crippen LogP contribution in [-0.4, -0.2) is 68.9 Å². The van der Waals surface area contributed by atoms with Gasteiger partial charge in [0.15, 0.2) is 0 Å². The lowest BCUT2D eigenvalue weighted by molar-refractivity contribution is -0.151. The van der Waals surface area contributed by atoms with E-state index in [9.17, 15) is 9.90 Å². The van der Waals surface area contributed by atoms with Gasteiger partial charge in [0.25, 0.3) is 5.91 Å². The molecule has 1 aromatic heterocycles. The first-order valence-electron chi connectivity index (χ1n) is 11.0. The second-order valence-corrected chi connectivity index (χ2v) is 8.78. The molecule has 1 unspecified atom stereocenters. The van der Waals surface area contributed by atoms with Crippen LogP contribution in [0.1, 0.15) is 37.1 Å². The number of nitrogens with zero attached hydrogens (tertiary/aromatic N) is 5. The Balaban J connectivity index is 1.96. The third-order valence-electron chi connectivity index (χ3n) is 5.99. The fraction of sp³-hybridized carbons (Fsp3) is 0.522. The maximum absolute atomic E-state index is 13.6. The van der Waals surface area contributed by atoms with Gasteiger partial charge in [0.2, 0.25) is 0 Å². The third-order valence-corrected chi connectivity index (χ3v) is 5.99. The van der Waals surface area contributed by atoms with E-state index in [0.717, 1.165) is 42.4 Å². The molecule has 1 aromatic carbocycles. The molecule has 1 aliphatic heterocycles. The number of rotatable bonds is 9. The van der Waals surface area contributed by atoms with Crippen molar-refractivity contribution in [2.45, 2.75) is 38.8 Å². The van der Waals surface area contributed by atoms with Crippen molar-refractivity contribution in [2.24, 2.45) is 11.8 Å². The highest BCUT2D eigenvalue weighted by Gasteiger charge is 2.47. The summed E-state index contributed by atoms with van der Waals surface area (Å²) >= 11 is 0. The largest absolute Gasteiger partial charge is 0.375 e. The number of carbonyl (C=O) groups is 1. The van der Waals surface area contributed by atoms with Crippen LogP contribution in [0.15, 0.2) is 36.8 Å². The normalized spacial score (nSPS) is 16.5. The highest BCUT2D eigenvalue weighted by atomic mass is 16.3. The number of hydrazine groups is 1. The second kappa shape index (κ2) is 10.7. The minimum Gasteiger partial charge on any atom is -0.375 e. The molecule has 9 heteroatoms. The molecule has 1 saturated heterocycles. The van der Waals surface area contributed by atoms with Crippen LogP contribution in [0.2, 0.25) is 0 Å². The quantitative estimate of drug-likeness (QED) is 0.227. The topological polar surface area (TPSA) is 123 Å². The Hall–Kier alpha value is -2.77. The molecule has 2 heterocycles. The highest BCUT2D eigenvalue weighted by Crippen LogP contribution is 2.31. The van der Waals surface area contributed by atoms with E-state index in [0.29, 0.717) is 24.9 Å². The second-order valence-electron chi connectivity index (χ2n) is 8.78. The molecule has 0 saturated carbocycles. The Morgan fingerprint density at radius 1 is 1.34 bits per heavy atom. The van der Waals surface area contributed by atoms with E-state index in [1.54, 1.807) is 24.7 Å². The zero-order valence-electron chi connectivity index (χ0n) is 18.9. The number of nitrogens with one attached hydrogen (secondary N) is 1. The molecule has 2 aromatic rings. The number of imidazole rings is 1. The summed E-state index contributed by atoms with van der Waals surface area (Å²) in [5.41, 5.74) is 1.71. The molecule has 1 aliphatic rings. The Morgan fingerprint density at radius 2 is 2.03 bits per heavy atom. The molecule has 172 valence electrons. The minimum absolute atomic E-state index is 0.246. The van der Waals surface area contributed by atoms with Crippen LogP contribution in [-0.2, 0) is 17.8 Å². The summed E-state index contributed by atoms with van der Waals surface area (Å²) in [7, 11) is 0. The maximum Gasteiger partial charge on any atom is 0.259 e. The Morgan fingerprint density at radius 3 is 2.62 bits per heavy atom. The summed E-state index contributed by atoms with van der Waals surface area (Å²) in [4.78, 5) is 20.2. The number of nitrogens with two attached hydrogens (primary N) is 1. The van der Waals surface area contributed by atoms with E-state index in [2.05, 4.69) is 35.1 Å². The van der Waals surface area contributed by atoms with E-state index in [1.165, 1.54) is 0 Å². The zero-order chi connectivity index (χ0) is 23.1. The van der Waals surface area contributed by atoms with Crippen LogP contribution in [0.3, 0.4) is 0 Å². The van der Waals surface area contributed by atoms with Crippen LogP contribution in [0.5, 0.6) is 0 Å². The number of nitriles is 1. The van der Waals surface area contributed by atoms with Gasteiger partial charge in [-0.3, -0.25) is 14.7 Å². The number of aliphatic hydroxyl groups excluding tert-OH is 1. The molecule has 1 amide bonds. The summed E-state index contributed by atoms with van der Waals surface area (Å²) < 4.78 is 2.03. The van der Waals surface area contributed by atoms with Crippen molar-refractivity contribution < 1.29 is 9.90 Å². The Labute approximate surface area is 189 Å². The number of amides is 1. The van der Waals surface area contributed by atoms with Crippen LogP contribution >= 0.6 is 0 Å². The van der Waals surface area contributed by atoms with Crippen molar-refractivity contribution in [1.29, 1.82) is 5.26 Å². The molecule has 0 radical (unpaired) electrons. The first kappa shape index (κ1) is 23.9. The van der Waals surface area contributed by atoms with E-state index in [1.807, 2.05) is 16.7 Å². The Bertz CT molecular complexity index is 929. The van der Waals surface area contributed by atoms with Crippen LogP contribution in [0, 0.1) is 17.2 Å². The van der Waals surface area contributed by atoms with Crippen molar-refractivity contribution in [1.82, 2.24) is 24.8 Å². The van der Waals surface area contributed by atoms with E-state index >= 15 is 0 Å². The van der Waals surface area contributed by atoms with Gasteiger partial charge in [-0.2, -0.15) is 5.26 Å². The van der Waals surface area contributed by atoms with Gasteiger partial charge in [-0.05, 0) is 30.0 Å². The molecular formula is C23H33N7O2. The lowest BCUT2D eigenvalue weighted by atomic mass is 9.81. The van der Waals surface area contributed by atoms with Crippen LogP contribution in [0.4, 0.5) is 0 Å². The smallest absolute Gasteiger partial charge is 0.259 e. The monoisotopic (exact) mass is 439 g/mol. The van der Waals surface area contributed by atoms with Gasteiger partial charge in [0.1, 0.15) is 12.3 Å².